The number of ether oxygens (including phenoxy) is 1. The standard InChI is InChI=1S/C93H64N4O.Pt/c1-62-26-24-27-63(2)92(62)71-44-47-88-90(57-71)95(79-40-25-41-80(58-79)98-81-45-46-83-82-42-22-23-43-87(82)97(89(83)59-81)91-48-64(3)86(60-94-91)70-38-20-9-21-39-70)61-96(88)93-84(77-51-72(65-28-10-4-11-29-65)49-73(52-77)66-30-12-5-13-31-66)55-76(69-36-18-8-19-37-69)56-85(93)78-53-74(67-32-14-6-15-33-67)50-75(54-78)68-34-16-7-17-35-68;/h4-57,60H,1-3H3;/q-2;/i1D3,2D3,3D3,4D,5D,6D,7D,8D,9D,10D,11D,12D,13D,14D,15D,16D,17D,18D,19D,20D,21D,28D,29D,30D,31D,32D,33D,34D,35D,36D,37D,38D,39D,49D,50D,51D,52D,53D,54D;. The van der Waals surface area contributed by atoms with Gasteiger partial charge in [-0.2, -0.15) is 18.2 Å². The van der Waals surface area contributed by atoms with Crippen molar-refractivity contribution in [2.75, 3.05) is 0 Å². The number of nitrogens with zero attached hydrogens (tertiary/aromatic N) is 4. The average molecular weight is 1490 g/mol. The molecule has 5 nitrogen and oxygen atoms in total. The zero-order chi connectivity index (χ0) is 104. The van der Waals surface area contributed by atoms with Gasteiger partial charge in [0.15, 0.2) is 0 Å². The quantitative estimate of drug-likeness (QED) is 0.0803. The molecule has 0 spiro atoms. The molecular weight excluding hydrogens is 1380 g/mol. The number of imidazole rings is 1. The summed E-state index contributed by atoms with van der Waals surface area (Å²) >= 11 is 0. The number of fused-ring (bicyclic) bond motifs is 4. The molecule has 0 atom stereocenters. The third kappa shape index (κ3) is 11.9. The van der Waals surface area contributed by atoms with Gasteiger partial charge in [-0.1, -0.05) is 235 Å². The van der Waals surface area contributed by atoms with E-state index in [1.165, 1.54) is 59.2 Å². The van der Waals surface area contributed by atoms with E-state index in [-0.39, 0.29) is 71.7 Å². The van der Waals surface area contributed by atoms with Crippen molar-refractivity contribution < 1.29 is 92.1 Å². The number of para-hydroxylation sites is 1. The minimum absolute atomic E-state index is 0. The number of aryl methyl sites for hydroxylation is 3. The first kappa shape index (κ1) is 29.8. The number of benzene rings is 14. The summed E-state index contributed by atoms with van der Waals surface area (Å²) in [4.78, 5) is 4.66. The molecule has 0 radical (unpaired) electrons. The van der Waals surface area contributed by atoms with Crippen LogP contribution in [0.15, 0.2) is 333 Å². The van der Waals surface area contributed by atoms with Crippen LogP contribution >= 0.6 is 0 Å². The smallest absolute Gasteiger partial charge is 0.268 e. The van der Waals surface area contributed by atoms with Crippen LogP contribution < -0.4 is 9.30 Å². The summed E-state index contributed by atoms with van der Waals surface area (Å²) < 4.78 is 428. The number of rotatable bonds is 14. The maximum Gasteiger partial charge on any atom is 0.268 e. The average Bonchev–Trinajstić information content (AvgIpc) is 1.02. The molecule has 474 valence electrons. The Morgan fingerprint density at radius 2 is 0.889 bits per heavy atom. The fourth-order valence-electron chi connectivity index (χ4n) is 11.5. The van der Waals surface area contributed by atoms with Gasteiger partial charge in [0.2, 0.25) is 0 Å². The molecule has 0 saturated heterocycles. The third-order valence-corrected chi connectivity index (χ3v) is 15.8. The molecule has 0 aliphatic carbocycles. The summed E-state index contributed by atoms with van der Waals surface area (Å²) in [5, 5.41) is 0.998. The van der Waals surface area contributed by atoms with Crippen molar-refractivity contribution >= 4 is 32.8 Å². The number of aromatic nitrogens is 4. The van der Waals surface area contributed by atoms with E-state index >= 15 is 0 Å². The summed E-state index contributed by atoms with van der Waals surface area (Å²) in [7, 11) is 0. The molecule has 0 aliphatic rings. The van der Waals surface area contributed by atoms with Crippen LogP contribution in [0.2, 0.25) is 0 Å². The van der Waals surface area contributed by atoms with E-state index in [2.05, 4.69) is 23.4 Å². The molecule has 0 fully saturated rings. The Hall–Kier alpha value is -12.0. The molecule has 0 N–H and O–H groups in total. The number of hydrogen-bond donors (Lipinski definition) is 0. The number of hydrogen-bond acceptors (Lipinski definition) is 2. The van der Waals surface area contributed by atoms with Gasteiger partial charge in [0.25, 0.3) is 6.33 Å². The van der Waals surface area contributed by atoms with Crippen molar-refractivity contribution in [1.29, 1.82) is 0 Å². The van der Waals surface area contributed by atoms with Crippen LogP contribution in [0, 0.1) is 39.0 Å². The van der Waals surface area contributed by atoms with Gasteiger partial charge in [0.1, 0.15) is 5.82 Å². The van der Waals surface area contributed by atoms with E-state index in [9.17, 15) is 24.7 Å². The van der Waals surface area contributed by atoms with Crippen LogP contribution in [-0.4, -0.2) is 14.1 Å². The first-order valence-electron chi connectivity index (χ1n) is 52.1. The monoisotopic (exact) mass is 1490 g/mol. The first-order chi connectivity index (χ1) is 66.9. The van der Waals surface area contributed by atoms with E-state index in [0.29, 0.717) is 16.3 Å². The normalized spacial score (nSPS) is 18.1. The minimum atomic E-state index is -3.16. The SMILES string of the molecule is [2H]c1c([2H])c([2H])c(-c2cc(-c3c([2H])c(-c4c([2H])c([2H])c([2H])c([2H])c4[2H])c([2H])c(-c4c([2H])c([2H])c([2H])c([2H])c4[2H])c3[2H])c(-[n+]3[c-]n(-c4[c-]c(Oc5[c-]c6c(cc5)c5ccccc5n6-c5cc(C([2H])([2H])[2H])c(-c6c([2H])c([2H])c([2H])c([2H])c6[2H])cn5)ccc4)c4cc(-c5c(C([2H])([2H])[2H])cccc5C([2H])([2H])[2H])ccc43)c(-c3c([2H])c(-c4c([2H])c([2H])c([2H])c([2H])c4[2H])c([2H])c(-c4c([2H])c([2H])c([2H])c([2H])c4[2H])c3[2H])c2)c([2H])c1[2H].[Pt]. The third-order valence-electron chi connectivity index (χ3n) is 15.8. The van der Waals surface area contributed by atoms with Gasteiger partial charge in [-0.05, 0) is 209 Å². The second kappa shape index (κ2) is 26.5. The largest absolute Gasteiger partial charge is 0.510 e. The zero-order valence-electron chi connectivity index (χ0n) is 95.5. The molecule has 3 aromatic heterocycles. The fourth-order valence-corrected chi connectivity index (χ4v) is 11.5. The molecule has 0 saturated carbocycles. The van der Waals surface area contributed by atoms with Crippen LogP contribution in [0.5, 0.6) is 11.5 Å². The Morgan fingerprint density at radius 1 is 0.394 bits per heavy atom. The van der Waals surface area contributed by atoms with Crippen LogP contribution in [0.3, 0.4) is 0 Å². The maximum atomic E-state index is 10.9. The van der Waals surface area contributed by atoms with Gasteiger partial charge in [-0.3, -0.25) is 4.57 Å². The van der Waals surface area contributed by atoms with Gasteiger partial charge >= 0.3 is 0 Å². The van der Waals surface area contributed by atoms with Crippen molar-refractivity contribution in [3.05, 3.63) is 368 Å². The molecule has 99 heavy (non-hydrogen) atoms. The Labute approximate surface area is 655 Å². The summed E-state index contributed by atoms with van der Waals surface area (Å²) in [5.74, 6) is -0.485. The van der Waals surface area contributed by atoms with Crippen LogP contribution in [0.25, 0.3) is 150 Å². The maximum absolute atomic E-state index is 10.9. The van der Waals surface area contributed by atoms with E-state index in [4.69, 9.17) is 41.7 Å². The van der Waals surface area contributed by atoms with Crippen molar-refractivity contribution in [1.82, 2.24) is 14.1 Å². The fraction of sp³-hybridized carbons (Fsp3) is 0.0323. The summed E-state index contributed by atoms with van der Waals surface area (Å²) in [6.07, 6.45) is 4.24. The van der Waals surface area contributed by atoms with E-state index in [0.717, 1.165) is 39.6 Å². The molecule has 0 amide bonds. The Morgan fingerprint density at radius 3 is 1.43 bits per heavy atom. The van der Waals surface area contributed by atoms with Crippen LogP contribution in [0.4, 0.5) is 0 Å². The Balaban J connectivity index is 0.0000149. The van der Waals surface area contributed by atoms with Crippen molar-refractivity contribution in [3.63, 3.8) is 0 Å². The predicted octanol–water partition coefficient (Wildman–Crippen LogP) is 23.5. The summed E-state index contributed by atoms with van der Waals surface area (Å²) in [6, 6.07) is -9.30. The Kier molecular flexibility index (Phi) is 7.98. The van der Waals surface area contributed by atoms with Crippen LogP contribution in [0.1, 0.15) is 78.4 Å². The molecule has 0 unspecified atom stereocenters. The number of pyridine rings is 1. The van der Waals surface area contributed by atoms with Crippen molar-refractivity contribution in [2.45, 2.75) is 20.6 Å². The molecule has 6 heteroatoms. The topological polar surface area (TPSA) is 35.9 Å². The van der Waals surface area contributed by atoms with Gasteiger partial charge in [-0.25, -0.2) is 4.98 Å². The molecule has 0 aliphatic heterocycles. The van der Waals surface area contributed by atoms with E-state index in [1.807, 2.05) is 0 Å². The molecule has 17 aromatic rings. The van der Waals surface area contributed by atoms with E-state index < -0.39 is 349 Å². The predicted molar refractivity (Wildman–Crippen MR) is 403 cm³/mol. The van der Waals surface area contributed by atoms with Crippen molar-refractivity contribution in [3.8, 4) is 129 Å². The molecule has 0 bridgehead atoms. The summed E-state index contributed by atoms with van der Waals surface area (Å²) in [5.41, 5.74) is -18.6. The van der Waals surface area contributed by atoms with Gasteiger partial charge in [0.05, 0.1) is 66.1 Å². The zero-order valence-corrected chi connectivity index (χ0v) is 52.8. The minimum Gasteiger partial charge on any atom is -0.510 e. The first-order valence-corrected chi connectivity index (χ1v) is 29.6. The Bertz CT molecular complexity index is 7910. The van der Waals surface area contributed by atoms with Gasteiger partial charge < -0.3 is 13.9 Å². The van der Waals surface area contributed by atoms with E-state index in [1.54, 1.807) is 30.3 Å². The second-order valence-electron chi connectivity index (χ2n) is 21.7. The second-order valence-corrected chi connectivity index (χ2v) is 21.7. The molecule has 17 rings (SSSR count). The molecule has 14 aromatic carbocycles. The summed E-state index contributed by atoms with van der Waals surface area (Å²) in [6.45, 7) is -9.36. The molecular formula is C93H64N4OPt-2. The van der Waals surface area contributed by atoms with Gasteiger partial charge in [0, 0.05) is 62.2 Å². The van der Waals surface area contributed by atoms with Crippen LogP contribution in [-0.2, 0) is 21.1 Å². The van der Waals surface area contributed by atoms with Crippen molar-refractivity contribution in [2.24, 2.45) is 0 Å². The molecule has 3 heterocycles. The van der Waals surface area contributed by atoms with Gasteiger partial charge in [-0.15, -0.1) is 29.7 Å².